The fraction of sp³-hybridized carbons (Fsp3) is 1.00. The summed E-state index contributed by atoms with van der Waals surface area (Å²) in [5.74, 6) is 2.89. The summed E-state index contributed by atoms with van der Waals surface area (Å²) >= 11 is 0. The summed E-state index contributed by atoms with van der Waals surface area (Å²) in [4.78, 5) is 0. The van der Waals surface area contributed by atoms with E-state index in [1.807, 2.05) is 0 Å². The third-order valence-corrected chi connectivity index (χ3v) is 4.96. The molecule has 4 atom stereocenters. The van der Waals surface area contributed by atoms with Gasteiger partial charge in [0.1, 0.15) is 0 Å². The van der Waals surface area contributed by atoms with Gasteiger partial charge in [0.05, 0.1) is 6.10 Å². The second kappa shape index (κ2) is 5.53. The van der Waals surface area contributed by atoms with Gasteiger partial charge in [-0.1, -0.05) is 52.4 Å². The molecule has 1 N–H and O–H groups in total. The van der Waals surface area contributed by atoms with E-state index in [-0.39, 0.29) is 6.10 Å². The fourth-order valence-electron chi connectivity index (χ4n) is 4.31. The molecule has 1 nitrogen and oxygen atoms in total. The van der Waals surface area contributed by atoms with Crippen molar-refractivity contribution in [2.45, 2.75) is 71.3 Å². The van der Waals surface area contributed by atoms with Crippen molar-refractivity contribution in [3.05, 3.63) is 0 Å². The van der Waals surface area contributed by atoms with E-state index in [0.717, 1.165) is 24.2 Å². The van der Waals surface area contributed by atoms with E-state index >= 15 is 0 Å². The zero-order valence-corrected chi connectivity index (χ0v) is 11.0. The molecule has 94 valence electrons. The summed E-state index contributed by atoms with van der Waals surface area (Å²) < 4.78 is 0. The summed E-state index contributed by atoms with van der Waals surface area (Å²) in [6, 6.07) is 0. The summed E-state index contributed by atoms with van der Waals surface area (Å²) in [6.45, 7) is 4.66. The Morgan fingerprint density at radius 1 is 0.875 bits per heavy atom. The molecule has 16 heavy (non-hydrogen) atoms. The largest absolute Gasteiger partial charge is 0.393 e. The topological polar surface area (TPSA) is 20.2 Å². The van der Waals surface area contributed by atoms with Gasteiger partial charge in [-0.25, -0.2) is 0 Å². The van der Waals surface area contributed by atoms with E-state index in [1.54, 1.807) is 0 Å². The molecular weight excluding hydrogens is 196 g/mol. The van der Waals surface area contributed by atoms with Gasteiger partial charge in [0, 0.05) is 0 Å². The first-order valence-corrected chi connectivity index (χ1v) is 7.36. The van der Waals surface area contributed by atoms with Crippen LogP contribution in [0.25, 0.3) is 0 Å². The second-order valence-corrected chi connectivity index (χ2v) is 6.45. The smallest absolute Gasteiger partial charge is 0.0576 e. The molecule has 4 unspecified atom stereocenters. The van der Waals surface area contributed by atoms with Gasteiger partial charge in [-0.05, 0) is 36.5 Å². The molecule has 2 aliphatic carbocycles. The van der Waals surface area contributed by atoms with Crippen molar-refractivity contribution in [2.24, 2.45) is 23.7 Å². The first-order chi connectivity index (χ1) is 7.68. The van der Waals surface area contributed by atoms with E-state index in [2.05, 4.69) is 13.8 Å². The van der Waals surface area contributed by atoms with Gasteiger partial charge in [0.15, 0.2) is 0 Å². The van der Waals surface area contributed by atoms with Gasteiger partial charge in [0.25, 0.3) is 0 Å². The highest BCUT2D eigenvalue weighted by Crippen LogP contribution is 2.42. The highest BCUT2D eigenvalue weighted by molar-refractivity contribution is 4.87. The average Bonchev–Trinajstić information content (AvgIpc) is 2.44. The summed E-state index contributed by atoms with van der Waals surface area (Å²) in [7, 11) is 0. The molecule has 0 aromatic rings. The first kappa shape index (κ1) is 12.4. The van der Waals surface area contributed by atoms with Crippen molar-refractivity contribution in [3.63, 3.8) is 0 Å². The third-order valence-electron chi connectivity index (χ3n) is 4.96. The highest BCUT2D eigenvalue weighted by Gasteiger charge is 2.37. The normalized spacial score (nSPS) is 42.9. The third kappa shape index (κ3) is 2.80. The molecule has 0 heterocycles. The van der Waals surface area contributed by atoms with Crippen LogP contribution in [-0.4, -0.2) is 11.2 Å². The predicted octanol–water partition coefficient (Wildman–Crippen LogP) is 4.00. The van der Waals surface area contributed by atoms with Gasteiger partial charge in [-0.2, -0.15) is 0 Å². The molecule has 0 aliphatic heterocycles. The van der Waals surface area contributed by atoms with Gasteiger partial charge >= 0.3 is 0 Å². The van der Waals surface area contributed by atoms with Gasteiger partial charge in [0.2, 0.25) is 0 Å². The Balaban J connectivity index is 1.99. The van der Waals surface area contributed by atoms with E-state index in [1.165, 1.54) is 44.9 Å². The number of hydrogen-bond donors (Lipinski definition) is 1. The lowest BCUT2D eigenvalue weighted by Crippen LogP contribution is -2.39. The Bertz CT molecular complexity index is 193. The van der Waals surface area contributed by atoms with Gasteiger partial charge in [-0.3, -0.25) is 0 Å². The maximum absolute atomic E-state index is 10.4. The average molecular weight is 224 g/mol. The molecule has 0 radical (unpaired) electrons. The monoisotopic (exact) mass is 224 g/mol. The fourth-order valence-corrected chi connectivity index (χ4v) is 4.31. The lowest BCUT2D eigenvalue weighted by Gasteiger charge is -2.41. The van der Waals surface area contributed by atoms with E-state index in [0.29, 0.717) is 5.92 Å². The molecule has 2 fully saturated rings. The second-order valence-electron chi connectivity index (χ2n) is 6.45. The van der Waals surface area contributed by atoms with Crippen molar-refractivity contribution in [1.82, 2.24) is 0 Å². The quantitative estimate of drug-likeness (QED) is 0.667. The molecule has 1 heteroatoms. The van der Waals surface area contributed by atoms with Crippen LogP contribution in [0.2, 0.25) is 0 Å². The van der Waals surface area contributed by atoms with Crippen molar-refractivity contribution < 1.29 is 5.11 Å². The van der Waals surface area contributed by atoms with Crippen LogP contribution < -0.4 is 0 Å². The van der Waals surface area contributed by atoms with Gasteiger partial charge < -0.3 is 5.11 Å². The molecule has 0 aromatic carbocycles. The molecule has 0 aromatic heterocycles. The van der Waals surface area contributed by atoms with E-state index in [4.69, 9.17) is 0 Å². The minimum atomic E-state index is -0.0122. The Hall–Kier alpha value is -0.0400. The van der Waals surface area contributed by atoms with Crippen LogP contribution >= 0.6 is 0 Å². The Morgan fingerprint density at radius 2 is 1.50 bits per heavy atom. The number of aliphatic hydroxyl groups excluding tert-OH is 1. The minimum Gasteiger partial charge on any atom is -0.393 e. The maximum Gasteiger partial charge on any atom is 0.0576 e. The first-order valence-electron chi connectivity index (χ1n) is 7.36. The molecule has 0 spiro atoms. The summed E-state index contributed by atoms with van der Waals surface area (Å²) in [5, 5.41) is 10.4. The van der Waals surface area contributed by atoms with Crippen LogP contribution in [-0.2, 0) is 0 Å². The molecule has 0 amide bonds. The van der Waals surface area contributed by atoms with E-state index in [9.17, 15) is 5.11 Å². The van der Waals surface area contributed by atoms with Crippen LogP contribution in [0.15, 0.2) is 0 Å². The van der Waals surface area contributed by atoms with E-state index < -0.39 is 0 Å². The van der Waals surface area contributed by atoms with Gasteiger partial charge in [-0.15, -0.1) is 0 Å². The van der Waals surface area contributed by atoms with Crippen molar-refractivity contribution in [1.29, 1.82) is 0 Å². The molecule has 2 saturated carbocycles. The SMILES string of the molecule is CC1CC(C)C(C2CCCCCC2)C(O)C1. The Labute approximate surface area is 101 Å². The highest BCUT2D eigenvalue weighted by atomic mass is 16.3. The number of rotatable bonds is 1. The zero-order valence-electron chi connectivity index (χ0n) is 11.0. The summed E-state index contributed by atoms with van der Waals surface area (Å²) in [5.41, 5.74) is 0. The Morgan fingerprint density at radius 3 is 2.06 bits per heavy atom. The molecular formula is C15H28O. The summed E-state index contributed by atoms with van der Waals surface area (Å²) in [6.07, 6.45) is 10.8. The predicted molar refractivity (Wildman–Crippen MR) is 68.3 cm³/mol. The Kier molecular flexibility index (Phi) is 4.29. The standard InChI is InChI=1S/C15H28O/c1-11-9-12(2)15(14(16)10-11)13-7-5-3-4-6-8-13/h11-16H,3-10H2,1-2H3. The molecule has 2 rings (SSSR count). The van der Waals surface area contributed by atoms with Crippen LogP contribution in [0.1, 0.15) is 65.2 Å². The molecule has 0 bridgehead atoms. The number of hydrogen-bond acceptors (Lipinski definition) is 1. The lowest BCUT2D eigenvalue weighted by atomic mass is 9.66. The van der Waals surface area contributed by atoms with Crippen LogP contribution in [0, 0.1) is 23.7 Å². The zero-order chi connectivity index (χ0) is 11.5. The van der Waals surface area contributed by atoms with Crippen LogP contribution in [0.4, 0.5) is 0 Å². The van der Waals surface area contributed by atoms with Crippen LogP contribution in [0.5, 0.6) is 0 Å². The lowest BCUT2D eigenvalue weighted by molar-refractivity contribution is -0.0183. The van der Waals surface area contributed by atoms with Crippen molar-refractivity contribution in [3.8, 4) is 0 Å². The maximum atomic E-state index is 10.4. The number of aliphatic hydroxyl groups is 1. The molecule has 0 saturated heterocycles. The molecule has 2 aliphatic rings. The van der Waals surface area contributed by atoms with Crippen molar-refractivity contribution in [2.75, 3.05) is 0 Å². The van der Waals surface area contributed by atoms with Crippen molar-refractivity contribution >= 4 is 0 Å². The minimum absolute atomic E-state index is 0.0122. The van der Waals surface area contributed by atoms with Crippen LogP contribution in [0.3, 0.4) is 0 Å².